The maximum Gasteiger partial charge on any atom is 0.234 e. The highest BCUT2D eigenvalue weighted by Gasteiger charge is 2.07. The van der Waals surface area contributed by atoms with Crippen LogP contribution >= 0.6 is 0 Å². The molecule has 0 radical (unpaired) electrons. The minimum Gasteiger partial charge on any atom is -0.211 e. The Balaban J connectivity index is 2.90. The molecule has 0 spiro atoms. The number of aliphatic imine (C=N–C) groups is 2. The Morgan fingerprint density at radius 3 is 2.22 bits per heavy atom. The SMILES string of the molecule is Cc1ccc(CCN=C=O)c(C)c1CCN=C=O. The van der Waals surface area contributed by atoms with E-state index in [1.807, 2.05) is 19.9 Å². The summed E-state index contributed by atoms with van der Waals surface area (Å²) in [5, 5.41) is 0. The van der Waals surface area contributed by atoms with Crippen LogP contribution < -0.4 is 0 Å². The summed E-state index contributed by atoms with van der Waals surface area (Å²) >= 11 is 0. The predicted octanol–water partition coefficient (Wildman–Crippen LogP) is 2.06. The van der Waals surface area contributed by atoms with E-state index in [1.165, 1.54) is 22.3 Å². The van der Waals surface area contributed by atoms with Crippen LogP contribution in [0.1, 0.15) is 22.3 Å². The van der Waals surface area contributed by atoms with Crippen molar-refractivity contribution in [2.45, 2.75) is 26.7 Å². The largest absolute Gasteiger partial charge is 0.234 e. The summed E-state index contributed by atoms with van der Waals surface area (Å²) in [5.74, 6) is 0. The number of aryl methyl sites for hydroxylation is 1. The monoisotopic (exact) mass is 244 g/mol. The van der Waals surface area contributed by atoms with E-state index in [4.69, 9.17) is 0 Å². The highest BCUT2D eigenvalue weighted by molar-refractivity contribution is 5.41. The molecule has 1 aromatic carbocycles. The van der Waals surface area contributed by atoms with Gasteiger partial charge in [0.2, 0.25) is 12.2 Å². The maximum atomic E-state index is 10.1. The molecular formula is C14H16N2O2. The molecule has 0 N–H and O–H groups in total. The second-order valence-electron chi connectivity index (χ2n) is 4.09. The van der Waals surface area contributed by atoms with Gasteiger partial charge in [0.25, 0.3) is 0 Å². The highest BCUT2D eigenvalue weighted by Crippen LogP contribution is 2.19. The molecule has 4 heteroatoms. The second kappa shape index (κ2) is 7.33. The van der Waals surface area contributed by atoms with Crippen molar-refractivity contribution < 1.29 is 9.59 Å². The fourth-order valence-corrected chi connectivity index (χ4v) is 2.03. The standard InChI is InChI=1S/C14H16N2O2/c1-11-3-4-13(5-7-15-9-17)12(2)14(11)6-8-16-10-18/h3-4H,5-8H2,1-2H3. The molecule has 4 nitrogen and oxygen atoms in total. The van der Waals surface area contributed by atoms with Gasteiger partial charge in [-0.15, -0.1) is 0 Å². The third-order valence-corrected chi connectivity index (χ3v) is 3.04. The van der Waals surface area contributed by atoms with Gasteiger partial charge >= 0.3 is 0 Å². The van der Waals surface area contributed by atoms with Gasteiger partial charge in [-0.25, -0.2) is 19.6 Å². The van der Waals surface area contributed by atoms with Crippen molar-refractivity contribution in [3.8, 4) is 0 Å². The summed E-state index contributed by atoms with van der Waals surface area (Å²) in [6, 6.07) is 4.10. The Kier molecular flexibility index (Phi) is 5.72. The Bertz CT molecular complexity index is 511. The van der Waals surface area contributed by atoms with Gasteiger partial charge < -0.3 is 0 Å². The topological polar surface area (TPSA) is 58.9 Å². The van der Waals surface area contributed by atoms with E-state index >= 15 is 0 Å². The van der Waals surface area contributed by atoms with Crippen LogP contribution in [0.2, 0.25) is 0 Å². The van der Waals surface area contributed by atoms with E-state index in [0.29, 0.717) is 13.1 Å². The van der Waals surface area contributed by atoms with Gasteiger partial charge in [0.1, 0.15) is 0 Å². The van der Waals surface area contributed by atoms with Crippen LogP contribution in [0.15, 0.2) is 22.1 Å². The summed E-state index contributed by atoms with van der Waals surface area (Å²) in [6.07, 6.45) is 4.55. The van der Waals surface area contributed by atoms with Gasteiger partial charge in [-0.1, -0.05) is 12.1 Å². The number of benzene rings is 1. The minimum atomic E-state index is 0.458. The molecule has 0 saturated heterocycles. The lowest BCUT2D eigenvalue weighted by atomic mass is 9.94. The van der Waals surface area contributed by atoms with Gasteiger partial charge in [-0.3, -0.25) is 0 Å². The van der Waals surface area contributed by atoms with E-state index in [-0.39, 0.29) is 0 Å². The van der Waals surface area contributed by atoms with Gasteiger partial charge in [0, 0.05) is 0 Å². The van der Waals surface area contributed by atoms with Crippen LogP contribution in [0, 0.1) is 13.8 Å². The van der Waals surface area contributed by atoms with Crippen molar-refractivity contribution >= 4 is 12.2 Å². The van der Waals surface area contributed by atoms with E-state index in [1.54, 1.807) is 12.2 Å². The molecule has 1 aromatic rings. The number of isocyanates is 2. The van der Waals surface area contributed by atoms with Crippen molar-refractivity contribution in [3.05, 3.63) is 34.4 Å². The average Bonchev–Trinajstić information content (AvgIpc) is 2.36. The van der Waals surface area contributed by atoms with Crippen molar-refractivity contribution in [3.63, 3.8) is 0 Å². The van der Waals surface area contributed by atoms with Crippen molar-refractivity contribution in [1.82, 2.24) is 0 Å². The predicted molar refractivity (Wildman–Crippen MR) is 69.3 cm³/mol. The zero-order valence-corrected chi connectivity index (χ0v) is 10.7. The average molecular weight is 244 g/mol. The van der Waals surface area contributed by atoms with Crippen molar-refractivity contribution in [2.75, 3.05) is 13.1 Å². The first kappa shape index (κ1) is 14.0. The fraction of sp³-hybridized carbons (Fsp3) is 0.429. The first-order chi connectivity index (χ1) is 8.70. The molecule has 0 aliphatic carbocycles. The van der Waals surface area contributed by atoms with Crippen LogP contribution in [0.3, 0.4) is 0 Å². The van der Waals surface area contributed by atoms with E-state index in [0.717, 1.165) is 12.8 Å². The van der Waals surface area contributed by atoms with Crippen LogP contribution in [0.5, 0.6) is 0 Å². The van der Waals surface area contributed by atoms with Gasteiger partial charge in [-0.2, -0.15) is 0 Å². The number of hydrogen-bond acceptors (Lipinski definition) is 4. The fourth-order valence-electron chi connectivity index (χ4n) is 2.03. The lowest BCUT2D eigenvalue weighted by Gasteiger charge is -2.12. The molecule has 0 amide bonds. The quantitative estimate of drug-likeness (QED) is 0.568. The molecule has 94 valence electrons. The van der Waals surface area contributed by atoms with E-state index in [2.05, 4.69) is 16.1 Å². The Hall–Kier alpha value is -2.02. The van der Waals surface area contributed by atoms with Gasteiger partial charge in [0.05, 0.1) is 13.1 Å². The third kappa shape index (κ3) is 3.77. The number of nitrogens with zero attached hydrogens (tertiary/aromatic N) is 2. The lowest BCUT2D eigenvalue weighted by Crippen LogP contribution is -2.02. The molecule has 0 saturated carbocycles. The molecule has 0 aliphatic rings. The van der Waals surface area contributed by atoms with Gasteiger partial charge in [-0.05, 0) is 48.9 Å². The van der Waals surface area contributed by atoms with Crippen molar-refractivity contribution in [2.24, 2.45) is 9.98 Å². The number of hydrogen-bond donors (Lipinski definition) is 0. The smallest absolute Gasteiger partial charge is 0.211 e. The van der Waals surface area contributed by atoms with Gasteiger partial charge in [0.15, 0.2) is 0 Å². The summed E-state index contributed by atoms with van der Waals surface area (Å²) in [5.41, 5.74) is 4.76. The van der Waals surface area contributed by atoms with Crippen molar-refractivity contribution in [1.29, 1.82) is 0 Å². The molecule has 1 rings (SSSR count). The zero-order chi connectivity index (χ0) is 13.4. The Labute approximate surface area is 106 Å². The number of rotatable bonds is 6. The normalized spacial score (nSPS) is 9.44. The Morgan fingerprint density at radius 2 is 1.61 bits per heavy atom. The molecule has 0 aliphatic heterocycles. The van der Waals surface area contributed by atoms with Crippen LogP contribution in [0.25, 0.3) is 0 Å². The van der Waals surface area contributed by atoms with Crippen LogP contribution in [-0.2, 0) is 22.4 Å². The van der Waals surface area contributed by atoms with E-state index < -0.39 is 0 Å². The summed E-state index contributed by atoms with van der Waals surface area (Å²) in [6.45, 7) is 5.01. The summed E-state index contributed by atoms with van der Waals surface area (Å²) < 4.78 is 0. The van der Waals surface area contributed by atoms with Crippen LogP contribution in [0.4, 0.5) is 0 Å². The lowest BCUT2D eigenvalue weighted by molar-refractivity contribution is 0.562. The molecular weight excluding hydrogens is 228 g/mol. The highest BCUT2D eigenvalue weighted by atomic mass is 16.1. The van der Waals surface area contributed by atoms with Crippen LogP contribution in [-0.4, -0.2) is 25.2 Å². The number of carbonyl (C=O) groups excluding carboxylic acids is 2. The Morgan fingerprint density at radius 1 is 1.00 bits per heavy atom. The molecule has 18 heavy (non-hydrogen) atoms. The summed E-state index contributed by atoms with van der Waals surface area (Å²) in [4.78, 5) is 27.2. The first-order valence-electron chi connectivity index (χ1n) is 5.86. The minimum absolute atomic E-state index is 0.458. The molecule has 0 fully saturated rings. The second-order valence-corrected chi connectivity index (χ2v) is 4.09. The maximum absolute atomic E-state index is 10.1. The molecule has 0 aromatic heterocycles. The summed E-state index contributed by atoms with van der Waals surface area (Å²) in [7, 11) is 0. The molecule has 0 atom stereocenters. The molecule has 0 unspecified atom stereocenters. The third-order valence-electron chi connectivity index (χ3n) is 3.04. The molecule has 0 bridgehead atoms. The van der Waals surface area contributed by atoms with E-state index in [9.17, 15) is 9.59 Å². The first-order valence-corrected chi connectivity index (χ1v) is 5.86. The molecule has 0 heterocycles. The zero-order valence-electron chi connectivity index (χ0n) is 10.7.